The van der Waals surface area contributed by atoms with Gasteiger partial charge in [-0.2, -0.15) is 5.10 Å². The summed E-state index contributed by atoms with van der Waals surface area (Å²) in [5.41, 5.74) is 3.05. The molecule has 1 heterocycles. The maximum Gasteiger partial charge on any atom is 0.427 e. The summed E-state index contributed by atoms with van der Waals surface area (Å²) in [7, 11) is 0. The molecular formula is C12H14N2O4. The first kappa shape index (κ1) is 12.2. The second-order valence-corrected chi connectivity index (χ2v) is 3.49. The Balaban J connectivity index is 1.97. The third-order valence-electron chi connectivity index (χ3n) is 2.21. The number of hydrogen-bond acceptors (Lipinski definition) is 5. The zero-order chi connectivity index (χ0) is 12.8. The molecule has 0 spiro atoms. The molecule has 6 nitrogen and oxygen atoms in total. The average molecular weight is 250 g/mol. The van der Waals surface area contributed by atoms with Crippen molar-refractivity contribution in [3.63, 3.8) is 0 Å². The first-order chi connectivity index (χ1) is 8.79. The van der Waals surface area contributed by atoms with Crippen molar-refractivity contribution >= 4 is 12.3 Å². The van der Waals surface area contributed by atoms with Crippen LogP contribution in [0.5, 0.6) is 11.5 Å². The van der Waals surface area contributed by atoms with Crippen molar-refractivity contribution in [2.45, 2.75) is 6.92 Å². The lowest BCUT2D eigenvalue weighted by Crippen LogP contribution is -2.18. The van der Waals surface area contributed by atoms with Gasteiger partial charge in [-0.05, 0) is 30.7 Å². The lowest BCUT2D eigenvalue weighted by Gasteiger charge is -2.18. The van der Waals surface area contributed by atoms with Crippen LogP contribution < -0.4 is 14.9 Å². The summed E-state index contributed by atoms with van der Waals surface area (Å²) in [5.74, 6) is 1.40. The van der Waals surface area contributed by atoms with Gasteiger partial charge in [0.1, 0.15) is 13.2 Å². The van der Waals surface area contributed by atoms with E-state index in [1.165, 1.54) is 6.21 Å². The van der Waals surface area contributed by atoms with Crippen LogP contribution in [-0.2, 0) is 4.74 Å². The Morgan fingerprint density at radius 3 is 3.00 bits per heavy atom. The topological polar surface area (TPSA) is 69.2 Å². The van der Waals surface area contributed by atoms with E-state index in [0.717, 1.165) is 11.3 Å². The Bertz CT molecular complexity index is 459. The van der Waals surface area contributed by atoms with Crippen LogP contribution in [0.4, 0.5) is 4.79 Å². The number of hydrogen-bond donors (Lipinski definition) is 1. The van der Waals surface area contributed by atoms with Crippen LogP contribution in [0, 0.1) is 0 Å². The number of nitrogens with one attached hydrogen (secondary N) is 1. The van der Waals surface area contributed by atoms with Gasteiger partial charge in [-0.25, -0.2) is 10.2 Å². The quantitative estimate of drug-likeness (QED) is 0.652. The first-order valence-corrected chi connectivity index (χ1v) is 5.65. The van der Waals surface area contributed by atoms with Crippen molar-refractivity contribution in [2.75, 3.05) is 19.8 Å². The molecule has 1 aromatic rings. The van der Waals surface area contributed by atoms with Gasteiger partial charge < -0.3 is 14.2 Å². The number of hydrazone groups is 1. The lowest BCUT2D eigenvalue weighted by atomic mass is 10.2. The Hall–Kier alpha value is -2.24. The maximum atomic E-state index is 11.0. The summed E-state index contributed by atoms with van der Waals surface area (Å²) >= 11 is 0. The number of nitrogens with zero attached hydrogens (tertiary/aromatic N) is 1. The van der Waals surface area contributed by atoms with Crippen molar-refractivity contribution in [2.24, 2.45) is 5.10 Å². The number of ether oxygens (including phenoxy) is 3. The molecule has 0 saturated heterocycles. The number of amides is 1. The van der Waals surface area contributed by atoms with E-state index in [1.807, 2.05) is 6.07 Å². The molecule has 18 heavy (non-hydrogen) atoms. The maximum absolute atomic E-state index is 11.0. The van der Waals surface area contributed by atoms with Crippen LogP contribution in [0.25, 0.3) is 0 Å². The monoisotopic (exact) mass is 250 g/mol. The lowest BCUT2D eigenvalue weighted by molar-refractivity contribution is 0.152. The molecule has 0 bridgehead atoms. The number of benzene rings is 1. The van der Waals surface area contributed by atoms with Crippen LogP contribution in [-0.4, -0.2) is 32.1 Å². The largest absolute Gasteiger partial charge is 0.486 e. The fourth-order valence-electron chi connectivity index (χ4n) is 1.46. The van der Waals surface area contributed by atoms with E-state index in [1.54, 1.807) is 19.1 Å². The Kier molecular flexibility index (Phi) is 4.01. The second-order valence-electron chi connectivity index (χ2n) is 3.49. The molecule has 6 heteroatoms. The minimum Gasteiger partial charge on any atom is -0.486 e. The highest BCUT2D eigenvalue weighted by atomic mass is 16.6. The van der Waals surface area contributed by atoms with E-state index < -0.39 is 6.09 Å². The molecule has 0 aromatic heterocycles. The molecule has 0 atom stereocenters. The molecule has 0 unspecified atom stereocenters. The van der Waals surface area contributed by atoms with E-state index in [0.29, 0.717) is 25.6 Å². The van der Waals surface area contributed by atoms with Gasteiger partial charge in [-0.3, -0.25) is 0 Å². The normalized spacial score (nSPS) is 13.4. The Morgan fingerprint density at radius 2 is 2.22 bits per heavy atom. The van der Waals surface area contributed by atoms with E-state index in [4.69, 9.17) is 9.47 Å². The smallest absolute Gasteiger partial charge is 0.427 e. The van der Waals surface area contributed by atoms with Crippen molar-refractivity contribution in [1.82, 2.24) is 5.43 Å². The van der Waals surface area contributed by atoms with Gasteiger partial charge in [0, 0.05) is 0 Å². The standard InChI is InChI=1S/C12H14N2O4/c1-2-16-12(15)14-13-8-9-3-4-10-11(7-9)18-6-5-17-10/h3-4,7-8H,2,5-6H2,1H3,(H,14,15)/b13-8-. The van der Waals surface area contributed by atoms with Crippen LogP contribution in [0.3, 0.4) is 0 Å². The van der Waals surface area contributed by atoms with Gasteiger partial charge in [0.05, 0.1) is 12.8 Å². The van der Waals surface area contributed by atoms with Gasteiger partial charge in [0.25, 0.3) is 0 Å². The predicted octanol–water partition coefficient (Wildman–Crippen LogP) is 1.54. The number of rotatable bonds is 3. The number of carbonyl (C=O) groups is 1. The van der Waals surface area contributed by atoms with Gasteiger partial charge in [-0.1, -0.05) is 0 Å². The van der Waals surface area contributed by atoms with Crippen molar-refractivity contribution in [3.05, 3.63) is 23.8 Å². The highest BCUT2D eigenvalue weighted by molar-refractivity contribution is 5.82. The number of carbonyl (C=O) groups excluding carboxylic acids is 1. The third kappa shape index (κ3) is 3.13. The molecule has 2 rings (SSSR count). The van der Waals surface area contributed by atoms with Gasteiger partial charge >= 0.3 is 6.09 Å². The molecule has 1 aliphatic rings. The molecule has 0 saturated carbocycles. The molecule has 1 N–H and O–H groups in total. The fraction of sp³-hybridized carbons (Fsp3) is 0.333. The zero-order valence-corrected chi connectivity index (χ0v) is 10.0. The molecule has 1 aliphatic heterocycles. The van der Waals surface area contributed by atoms with Crippen LogP contribution >= 0.6 is 0 Å². The fourth-order valence-corrected chi connectivity index (χ4v) is 1.46. The molecular weight excluding hydrogens is 236 g/mol. The van der Waals surface area contributed by atoms with Crippen LogP contribution in [0.15, 0.2) is 23.3 Å². The van der Waals surface area contributed by atoms with Gasteiger partial charge in [-0.15, -0.1) is 0 Å². The minimum atomic E-state index is -0.578. The minimum absolute atomic E-state index is 0.311. The molecule has 1 amide bonds. The van der Waals surface area contributed by atoms with E-state index in [-0.39, 0.29) is 0 Å². The first-order valence-electron chi connectivity index (χ1n) is 5.65. The molecule has 1 aromatic carbocycles. The molecule has 0 aliphatic carbocycles. The van der Waals surface area contributed by atoms with Crippen molar-refractivity contribution < 1.29 is 19.0 Å². The van der Waals surface area contributed by atoms with E-state index in [9.17, 15) is 4.79 Å². The Labute approximate surface area is 105 Å². The van der Waals surface area contributed by atoms with Crippen LogP contribution in [0.1, 0.15) is 12.5 Å². The van der Waals surface area contributed by atoms with E-state index in [2.05, 4.69) is 15.3 Å². The summed E-state index contributed by atoms with van der Waals surface area (Å²) in [6.45, 7) is 3.13. The molecule has 0 fully saturated rings. The highest BCUT2D eigenvalue weighted by Crippen LogP contribution is 2.30. The zero-order valence-electron chi connectivity index (χ0n) is 10.0. The average Bonchev–Trinajstić information content (AvgIpc) is 2.39. The van der Waals surface area contributed by atoms with Crippen LogP contribution in [0.2, 0.25) is 0 Å². The highest BCUT2D eigenvalue weighted by Gasteiger charge is 2.10. The summed E-state index contributed by atoms with van der Waals surface area (Å²) < 4.78 is 15.5. The van der Waals surface area contributed by atoms with E-state index >= 15 is 0 Å². The Morgan fingerprint density at radius 1 is 1.44 bits per heavy atom. The SMILES string of the molecule is CCOC(=O)N/N=C\c1ccc2c(c1)OCCO2. The van der Waals surface area contributed by atoms with Gasteiger partial charge in [0.2, 0.25) is 0 Å². The molecule has 0 radical (unpaired) electrons. The summed E-state index contributed by atoms with van der Waals surface area (Å²) in [6, 6.07) is 5.43. The third-order valence-corrected chi connectivity index (χ3v) is 2.21. The summed E-state index contributed by atoms with van der Waals surface area (Å²) in [5, 5.41) is 3.76. The van der Waals surface area contributed by atoms with Crippen molar-refractivity contribution in [3.8, 4) is 11.5 Å². The second kappa shape index (κ2) is 5.90. The molecule has 96 valence electrons. The van der Waals surface area contributed by atoms with Gasteiger partial charge in [0.15, 0.2) is 11.5 Å². The summed E-state index contributed by atoms with van der Waals surface area (Å²) in [6.07, 6.45) is 0.932. The number of fused-ring (bicyclic) bond motifs is 1. The predicted molar refractivity (Wildman–Crippen MR) is 65.2 cm³/mol. The van der Waals surface area contributed by atoms with Crippen molar-refractivity contribution in [1.29, 1.82) is 0 Å². The summed E-state index contributed by atoms with van der Waals surface area (Å²) in [4.78, 5) is 11.0.